The first-order chi connectivity index (χ1) is 12.4. The zero-order valence-electron chi connectivity index (χ0n) is 15.5. The highest BCUT2D eigenvalue weighted by Gasteiger charge is 2.25. The van der Waals surface area contributed by atoms with E-state index in [4.69, 9.17) is 9.47 Å². The maximum atomic E-state index is 12.7. The molecule has 1 aliphatic rings. The van der Waals surface area contributed by atoms with E-state index in [0.29, 0.717) is 36.1 Å². The lowest BCUT2D eigenvalue weighted by Gasteiger charge is -2.26. The fourth-order valence-electron chi connectivity index (χ4n) is 3.38. The van der Waals surface area contributed by atoms with Crippen molar-refractivity contribution in [1.82, 2.24) is 0 Å². The number of hydrogen-bond acceptors (Lipinski definition) is 4. The zero-order chi connectivity index (χ0) is 18.7. The van der Waals surface area contributed by atoms with Crippen LogP contribution in [0, 0.1) is 0 Å². The molecule has 0 bridgehead atoms. The predicted octanol–water partition coefficient (Wildman–Crippen LogP) is 4.07. The SMILES string of the molecule is CCOc1ccc(OCC)c(N(c2ccc3c(c2)CCC3)S(C)(=O)=O)c1. The third-order valence-electron chi connectivity index (χ3n) is 4.41. The molecule has 0 saturated carbocycles. The van der Waals surface area contributed by atoms with Gasteiger partial charge in [0.2, 0.25) is 10.0 Å². The monoisotopic (exact) mass is 375 g/mol. The highest BCUT2D eigenvalue weighted by Crippen LogP contribution is 2.40. The molecule has 0 atom stereocenters. The minimum absolute atomic E-state index is 0.447. The minimum atomic E-state index is -3.56. The maximum Gasteiger partial charge on any atom is 0.236 e. The topological polar surface area (TPSA) is 55.8 Å². The van der Waals surface area contributed by atoms with Gasteiger partial charge in [-0.3, -0.25) is 0 Å². The third kappa shape index (κ3) is 3.80. The highest BCUT2D eigenvalue weighted by molar-refractivity contribution is 7.92. The number of hydrogen-bond donors (Lipinski definition) is 0. The summed E-state index contributed by atoms with van der Waals surface area (Å²) in [5.41, 5.74) is 3.62. The Hall–Kier alpha value is -2.21. The molecule has 0 heterocycles. The molecule has 1 aliphatic carbocycles. The summed E-state index contributed by atoms with van der Waals surface area (Å²) in [5, 5.41) is 0. The van der Waals surface area contributed by atoms with Gasteiger partial charge < -0.3 is 9.47 Å². The van der Waals surface area contributed by atoms with Crippen molar-refractivity contribution in [3.63, 3.8) is 0 Å². The highest BCUT2D eigenvalue weighted by atomic mass is 32.2. The van der Waals surface area contributed by atoms with Gasteiger partial charge in [-0.25, -0.2) is 12.7 Å². The molecule has 26 heavy (non-hydrogen) atoms. The Balaban J connectivity index is 2.15. The van der Waals surface area contributed by atoms with E-state index in [1.807, 2.05) is 32.0 Å². The summed E-state index contributed by atoms with van der Waals surface area (Å²) in [4.78, 5) is 0. The molecule has 6 heteroatoms. The summed E-state index contributed by atoms with van der Waals surface area (Å²) in [5.74, 6) is 1.13. The van der Waals surface area contributed by atoms with E-state index < -0.39 is 10.0 Å². The second-order valence-corrected chi connectivity index (χ2v) is 8.16. The van der Waals surface area contributed by atoms with Gasteiger partial charge in [0.25, 0.3) is 0 Å². The first kappa shape index (κ1) is 18.6. The van der Waals surface area contributed by atoms with E-state index in [1.165, 1.54) is 21.7 Å². The molecular weight excluding hydrogens is 350 g/mol. The van der Waals surface area contributed by atoms with Crippen LogP contribution in [0.1, 0.15) is 31.4 Å². The molecule has 0 amide bonds. The maximum absolute atomic E-state index is 12.7. The Morgan fingerprint density at radius 3 is 2.38 bits per heavy atom. The number of fused-ring (bicyclic) bond motifs is 1. The zero-order valence-corrected chi connectivity index (χ0v) is 16.3. The van der Waals surface area contributed by atoms with E-state index in [0.717, 1.165) is 19.3 Å². The van der Waals surface area contributed by atoms with Crippen LogP contribution in [0.5, 0.6) is 11.5 Å². The molecule has 0 fully saturated rings. The molecule has 140 valence electrons. The molecule has 5 nitrogen and oxygen atoms in total. The van der Waals surface area contributed by atoms with Gasteiger partial charge >= 0.3 is 0 Å². The average Bonchev–Trinajstić information content (AvgIpc) is 3.04. The Bertz CT molecular complexity index is 893. The van der Waals surface area contributed by atoms with Crippen molar-refractivity contribution in [3.05, 3.63) is 47.5 Å². The lowest BCUT2D eigenvalue weighted by molar-refractivity contribution is 0.331. The third-order valence-corrected chi connectivity index (χ3v) is 5.48. The molecule has 0 unspecified atom stereocenters. The molecule has 2 aromatic carbocycles. The summed E-state index contributed by atoms with van der Waals surface area (Å²) in [6, 6.07) is 11.2. The van der Waals surface area contributed by atoms with Gasteiger partial charge in [-0.2, -0.15) is 0 Å². The lowest BCUT2D eigenvalue weighted by atomic mass is 10.1. The van der Waals surface area contributed by atoms with Crippen molar-refractivity contribution >= 4 is 21.4 Å². The molecular formula is C20H25NO4S. The van der Waals surface area contributed by atoms with E-state index in [1.54, 1.807) is 18.2 Å². The van der Waals surface area contributed by atoms with Crippen LogP contribution < -0.4 is 13.8 Å². The first-order valence-electron chi connectivity index (χ1n) is 8.95. The summed E-state index contributed by atoms with van der Waals surface area (Å²) >= 11 is 0. The molecule has 2 aromatic rings. The molecule has 0 radical (unpaired) electrons. The van der Waals surface area contributed by atoms with Gasteiger partial charge in [-0.1, -0.05) is 6.07 Å². The number of anilines is 2. The van der Waals surface area contributed by atoms with Crippen molar-refractivity contribution in [2.24, 2.45) is 0 Å². The summed E-state index contributed by atoms with van der Waals surface area (Å²) < 4.78 is 38.0. The fourth-order valence-corrected chi connectivity index (χ4v) is 4.38. The van der Waals surface area contributed by atoms with Crippen molar-refractivity contribution in [2.75, 3.05) is 23.8 Å². The Morgan fingerprint density at radius 1 is 0.962 bits per heavy atom. The van der Waals surface area contributed by atoms with Gasteiger partial charge in [-0.15, -0.1) is 0 Å². The number of benzene rings is 2. The minimum Gasteiger partial charge on any atom is -0.494 e. The summed E-state index contributed by atoms with van der Waals surface area (Å²) in [6.07, 6.45) is 4.36. The fraction of sp³-hybridized carbons (Fsp3) is 0.400. The van der Waals surface area contributed by atoms with Crippen LogP contribution in [0.25, 0.3) is 0 Å². The molecule has 0 aliphatic heterocycles. The summed E-state index contributed by atoms with van der Waals surface area (Å²) in [6.45, 7) is 4.72. The average molecular weight is 375 g/mol. The first-order valence-corrected chi connectivity index (χ1v) is 10.8. The predicted molar refractivity (Wildman–Crippen MR) is 104 cm³/mol. The van der Waals surface area contributed by atoms with Crippen molar-refractivity contribution in [1.29, 1.82) is 0 Å². The van der Waals surface area contributed by atoms with Crippen LogP contribution >= 0.6 is 0 Å². The molecule has 0 spiro atoms. The Kier molecular flexibility index (Phi) is 5.41. The van der Waals surface area contributed by atoms with Crippen molar-refractivity contribution in [3.8, 4) is 11.5 Å². The van der Waals surface area contributed by atoms with E-state index in [2.05, 4.69) is 0 Å². The molecule has 0 N–H and O–H groups in total. The number of nitrogens with zero attached hydrogens (tertiary/aromatic N) is 1. The van der Waals surface area contributed by atoms with Crippen molar-refractivity contribution in [2.45, 2.75) is 33.1 Å². The lowest BCUT2D eigenvalue weighted by Crippen LogP contribution is -2.25. The standard InChI is InChI=1S/C20H25NO4S/c1-4-24-18-11-12-20(25-5-2)19(14-18)21(26(3,22)23)17-10-9-15-7-6-8-16(15)13-17/h9-14H,4-8H2,1-3H3. The van der Waals surface area contributed by atoms with Crippen LogP contribution in [-0.4, -0.2) is 27.9 Å². The van der Waals surface area contributed by atoms with Gasteiger partial charge in [0.05, 0.1) is 25.2 Å². The smallest absolute Gasteiger partial charge is 0.236 e. The van der Waals surface area contributed by atoms with Crippen LogP contribution in [0.2, 0.25) is 0 Å². The quantitative estimate of drug-likeness (QED) is 0.732. The number of aryl methyl sites for hydroxylation is 2. The second kappa shape index (κ2) is 7.58. The van der Waals surface area contributed by atoms with Gasteiger partial charge in [0, 0.05) is 6.07 Å². The van der Waals surface area contributed by atoms with Crippen molar-refractivity contribution < 1.29 is 17.9 Å². The number of ether oxygens (including phenoxy) is 2. The van der Waals surface area contributed by atoms with Crippen LogP contribution in [0.15, 0.2) is 36.4 Å². The van der Waals surface area contributed by atoms with Crippen LogP contribution in [0.4, 0.5) is 11.4 Å². The van der Waals surface area contributed by atoms with Crippen LogP contribution in [0.3, 0.4) is 0 Å². The molecule has 3 rings (SSSR count). The normalized spacial score (nSPS) is 13.3. The Labute approximate surface area is 155 Å². The summed E-state index contributed by atoms with van der Waals surface area (Å²) in [7, 11) is -3.56. The largest absolute Gasteiger partial charge is 0.494 e. The second-order valence-electron chi connectivity index (χ2n) is 6.33. The Morgan fingerprint density at radius 2 is 1.69 bits per heavy atom. The van der Waals surface area contributed by atoms with Crippen LogP contribution in [-0.2, 0) is 22.9 Å². The molecule has 0 aromatic heterocycles. The van der Waals surface area contributed by atoms with Gasteiger partial charge in [0.15, 0.2) is 0 Å². The van der Waals surface area contributed by atoms with Gasteiger partial charge in [-0.05, 0) is 68.5 Å². The van der Waals surface area contributed by atoms with E-state index >= 15 is 0 Å². The van der Waals surface area contributed by atoms with E-state index in [9.17, 15) is 8.42 Å². The number of rotatable bonds is 7. The van der Waals surface area contributed by atoms with Gasteiger partial charge in [0.1, 0.15) is 17.2 Å². The van der Waals surface area contributed by atoms with E-state index in [-0.39, 0.29) is 0 Å². The number of sulfonamides is 1. The molecule has 0 saturated heterocycles.